The maximum absolute atomic E-state index is 13.4. The average Bonchev–Trinajstić information content (AvgIpc) is 3.30. The van der Waals surface area contributed by atoms with Crippen LogP contribution in [0, 0.1) is 0 Å². The number of hydrogen-bond acceptors (Lipinski definition) is 16. The molecule has 0 aromatic carbocycles. The molecular weight excluding hydrogens is 467 g/mol. The van der Waals surface area contributed by atoms with Crippen LogP contribution in [0.1, 0.15) is 0 Å². The van der Waals surface area contributed by atoms with Crippen LogP contribution in [-0.2, 0) is 32.3 Å². The van der Waals surface area contributed by atoms with Gasteiger partial charge < -0.3 is 60.2 Å². The van der Waals surface area contributed by atoms with Crippen LogP contribution in [0.3, 0.4) is 0 Å². The van der Waals surface area contributed by atoms with E-state index in [-0.39, 0.29) is 0 Å². The van der Waals surface area contributed by atoms with Crippen LogP contribution in [0.4, 0.5) is 0 Å². The molecule has 3 aliphatic rings. The van der Waals surface area contributed by atoms with Crippen LogP contribution in [0.15, 0.2) is 0 Å². The molecule has 12 atom stereocenters. The van der Waals surface area contributed by atoms with Crippen LogP contribution in [0.25, 0.3) is 0 Å². The molecular formula is C15H27O16P. The first kappa shape index (κ1) is 26.2. The second-order valence-electron chi connectivity index (χ2n) is 7.38. The van der Waals surface area contributed by atoms with Crippen LogP contribution >= 0.6 is 7.82 Å². The summed E-state index contributed by atoms with van der Waals surface area (Å²) >= 11 is 0. The largest absolute Gasteiger partial charge is 0.482 e. The Balaban J connectivity index is 1.80. The summed E-state index contributed by atoms with van der Waals surface area (Å²) in [6, 6.07) is 0. The van der Waals surface area contributed by atoms with E-state index in [1.165, 1.54) is 0 Å². The first-order chi connectivity index (χ1) is 15.0. The number of phosphoric ester groups is 1. The Morgan fingerprint density at radius 2 is 0.781 bits per heavy atom. The van der Waals surface area contributed by atoms with Crippen molar-refractivity contribution in [1.82, 2.24) is 0 Å². The van der Waals surface area contributed by atoms with Crippen molar-refractivity contribution in [2.45, 2.75) is 73.8 Å². The molecule has 3 aliphatic heterocycles. The predicted octanol–water partition coefficient (Wildman–Crippen LogP) is -5.54. The molecule has 188 valence electrons. The summed E-state index contributed by atoms with van der Waals surface area (Å²) in [6.07, 6.45) is -20.2. The van der Waals surface area contributed by atoms with E-state index in [0.717, 1.165) is 0 Å². The fraction of sp³-hybridized carbons (Fsp3) is 1.00. The van der Waals surface area contributed by atoms with Gasteiger partial charge in [0.05, 0.1) is 19.8 Å². The normalized spacial score (nSPS) is 48.9. The molecule has 0 amide bonds. The fourth-order valence-electron chi connectivity index (χ4n) is 3.31. The number of aliphatic hydroxyl groups excluding tert-OH is 9. The molecule has 32 heavy (non-hydrogen) atoms. The summed E-state index contributed by atoms with van der Waals surface area (Å²) in [6.45, 7) is -2.23. The van der Waals surface area contributed by atoms with Gasteiger partial charge >= 0.3 is 7.82 Å². The van der Waals surface area contributed by atoms with Crippen molar-refractivity contribution < 1.29 is 78.3 Å². The van der Waals surface area contributed by atoms with Crippen LogP contribution in [0.5, 0.6) is 0 Å². The van der Waals surface area contributed by atoms with E-state index >= 15 is 0 Å². The Morgan fingerprint density at radius 1 is 0.531 bits per heavy atom. The molecule has 0 radical (unpaired) electrons. The van der Waals surface area contributed by atoms with Gasteiger partial charge in [0, 0.05) is 0 Å². The standard InChI is InChI=1S/C15H27O16P/c16-1-4-7(19)10(22)13(26-4)29-32(25,30-14-11(23)8(20)5(2-17)27-14)31-15-12(24)9(21)6(3-18)28-15/h4-24H,1-3H2. The Morgan fingerprint density at radius 3 is 0.969 bits per heavy atom. The van der Waals surface area contributed by atoms with E-state index in [2.05, 4.69) is 0 Å². The SMILES string of the molecule is O=P(OC1OC(CO)C(O)C1O)(OC1OC(CO)C(O)C1O)OC1OC(CO)C(O)C1O. The summed E-state index contributed by atoms with van der Waals surface area (Å²) in [4.78, 5) is 0. The van der Waals surface area contributed by atoms with E-state index in [0.29, 0.717) is 0 Å². The summed E-state index contributed by atoms with van der Waals surface area (Å²) in [5, 5.41) is 87.2. The number of phosphoric acid groups is 1. The van der Waals surface area contributed by atoms with Gasteiger partial charge in [-0.1, -0.05) is 0 Å². The number of ether oxygens (including phenoxy) is 3. The van der Waals surface area contributed by atoms with Crippen molar-refractivity contribution in [1.29, 1.82) is 0 Å². The van der Waals surface area contributed by atoms with Gasteiger partial charge in [-0.25, -0.2) is 4.57 Å². The van der Waals surface area contributed by atoms with Crippen LogP contribution in [0.2, 0.25) is 0 Å². The fourth-order valence-corrected chi connectivity index (χ4v) is 4.75. The lowest BCUT2D eigenvalue weighted by atomic mass is 10.1. The molecule has 9 N–H and O–H groups in total. The first-order valence-corrected chi connectivity index (χ1v) is 11.0. The smallest absolute Gasteiger partial charge is 0.394 e. The van der Waals surface area contributed by atoms with Crippen molar-refractivity contribution in [3.05, 3.63) is 0 Å². The predicted molar refractivity (Wildman–Crippen MR) is 94.1 cm³/mol. The minimum Gasteiger partial charge on any atom is -0.394 e. The third-order valence-corrected chi connectivity index (χ3v) is 6.59. The highest BCUT2D eigenvalue weighted by atomic mass is 31.2. The molecule has 0 aliphatic carbocycles. The zero-order valence-electron chi connectivity index (χ0n) is 16.4. The van der Waals surface area contributed by atoms with E-state index in [1.54, 1.807) is 0 Å². The van der Waals surface area contributed by atoms with Gasteiger partial charge in [-0.3, -0.25) is 13.6 Å². The molecule has 3 rings (SSSR count). The van der Waals surface area contributed by atoms with E-state index in [1.807, 2.05) is 0 Å². The average molecular weight is 494 g/mol. The van der Waals surface area contributed by atoms with E-state index in [4.69, 9.17) is 27.8 Å². The lowest BCUT2D eigenvalue weighted by molar-refractivity contribution is -0.186. The first-order valence-electron chi connectivity index (χ1n) is 9.57. The summed E-state index contributed by atoms with van der Waals surface area (Å²) in [7, 11) is -5.10. The van der Waals surface area contributed by atoms with Gasteiger partial charge in [0.1, 0.15) is 54.9 Å². The molecule has 17 heteroatoms. The van der Waals surface area contributed by atoms with Gasteiger partial charge in [0.25, 0.3) is 0 Å². The van der Waals surface area contributed by atoms with E-state index in [9.17, 15) is 50.5 Å². The summed E-state index contributed by atoms with van der Waals surface area (Å²) < 4.78 is 43.6. The minimum absolute atomic E-state index is 0.742. The highest BCUT2D eigenvalue weighted by molar-refractivity contribution is 7.48. The number of aliphatic hydroxyl groups is 9. The Labute approximate surface area is 180 Å². The Hall–Kier alpha value is -0.370. The third-order valence-electron chi connectivity index (χ3n) is 5.19. The monoisotopic (exact) mass is 494 g/mol. The molecule has 0 aromatic rings. The van der Waals surface area contributed by atoms with Crippen molar-refractivity contribution in [3.8, 4) is 0 Å². The molecule has 3 heterocycles. The molecule has 0 aromatic heterocycles. The number of rotatable bonds is 9. The van der Waals surface area contributed by atoms with Gasteiger partial charge in [-0.15, -0.1) is 0 Å². The highest BCUT2D eigenvalue weighted by Gasteiger charge is 2.54. The second kappa shape index (κ2) is 10.5. The van der Waals surface area contributed by atoms with E-state index < -0.39 is 101 Å². The third kappa shape index (κ3) is 5.16. The molecule has 0 bridgehead atoms. The van der Waals surface area contributed by atoms with Crippen molar-refractivity contribution >= 4 is 7.82 Å². The summed E-state index contributed by atoms with van der Waals surface area (Å²) in [5.41, 5.74) is 0. The van der Waals surface area contributed by atoms with Gasteiger partial charge in [-0.2, -0.15) is 0 Å². The van der Waals surface area contributed by atoms with Crippen LogP contribution < -0.4 is 0 Å². The van der Waals surface area contributed by atoms with Gasteiger partial charge in [-0.05, 0) is 0 Å². The summed E-state index contributed by atoms with van der Waals surface area (Å²) in [5.74, 6) is 0. The lowest BCUT2D eigenvalue weighted by Crippen LogP contribution is -2.37. The highest BCUT2D eigenvalue weighted by Crippen LogP contribution is 2.56. The van der Waals surface area contributed by atoms with Crippen molar-refractivity contribution in [3.63, 3.8) is 0 Å². The topological polar surface area (TPSA) is 255 Å². The maximum Gasteiger partial charge on any atom is 0.482 e. The Kier molecular flexibility index (Phi) is 8.60. The molecule has 0 spiro atoms. The van der Waals surface area contributed by atoms with Crippen LogP contribution in [-0.4, -0.2) is 140 Å². The quantitative estimate of drug-likeness (QED) is 0.135. The lowest BCUT2D eigenvalue weighted by Gasteiger charge is -2.28. The zero-order valence-corrected chi connectivity index (χ0v) is 17.3. The van der Waals surface area contributed by atoms with Crippen molar-refractivity contribution in [2.75, 3.05) is 19.8 Å². The molecule has 12 unspecified atom stereocenters. The molecule has 3 saturated heterocycles. The molecule has 0 saturated carbocycles. The second-order valence-corrected chi connectivity index (χ2v) is 8.91. The maximum atomic E-state index is 13.4. The van der Waals surface area contributed by atoms with Gasteiger partial charge in [0.2, 0.25) is 0 Å². The molecule has 3 fully saturated rings. The zero-order chi connectivity index (χ0) is 23.8. The minimum atomic E-state index is -5.10. The number of hydrogen-bond donors (Lipinski definition) is 9. The van der Waals surface area contributed by atoms with Crippen molar-refractivity contribution in [2.24, 2.45) is 0 Å². The molecule has 16 nitrogen and oxygen atoms in total. The van der Waals surface area contributed by atoms with Gasteiger partial charge in [0.15, 0.2) is 18.9 Å². The Bertz CT molecular complexity index is 582.